The largest absolute Gasteiger partial charge is 0.255 e. The van der Waals surface area contributed by atoms with Crippen LogP contribution in [0, 0.1) is 5.82 Å². The Bertz CT molecular complexity index is 370. The Morgan fingerprint density at radius 2 is 1.71 bits per heavy atom. The van der Waals surface area contributed by atoms with Crippen LogP contribution in [0.1, 0.15) is 33.3 Å². The summed E-state index contributed by atoms with van der Waals surface area (Å²) in [6, 6.07) is 6.70. The molecule has 0 aromatic heterocycles. The number of hydrogen-bond donors (Lipinski definition) is 0. The molecule has 0 saturated carbocycles. The maximum absolute atomic E-state index is 13.4. The van der Waals surface area contributed by atoms with Crippen LogP contribution in [0.15, 0.2) is 28.7 Å². The van der Waals surface area contributed by atoms with Gasteiger partial charge < -0.3 is 0 Å². The summed E-state index contributed by atoms with van der Waals surface area (Å²) in [7, 11) is 0.500. The van der Waals surface area contributed by atoms with Crippen molar-refractivity contribution in [3.8, 4) is 0 Å². The van der Waals surface area contributed by atoms with E-state index in [1.165, 1.54) is 18.0 Å². The summed E-state index contributed by atoms with van der Waals surface area (Å²) in [5.74, 6) is -0.215. The number of hydrogen-bond acceptors (Lipinski definition) is 2. The lowest BCUT2D eigenvalue weighted by Gasteiger charge is -2.13. The predicted molar refractivity (Wildman–Crippen MR) is 73.0 cm³/mol. The lowest BCUT2D eigenvalue weighted by atomic mass is 10.1. The molecule has 4 heteroatoms. The second-order valence-corrected chi connectivity index (χ2v) is 5.95. The Labute approximate surface area is 106 Å². The van der Waals surface area contributed by atoms with E-state index in [2.05, 4.69) is 25.2 Å². The molecule has 0 saturated heterocycles. The molecule has 17 heavy (non-hydrogen) atoms. The minimum absolute atomic E-state index is 0.0620. The highest BCUT2D eigenvalue weighted by molar-refractivity contribution is 7.99. The van der Waals surface area contributed by atoms with Gasteiger partial charge in [-0.2, -0.15) is 0 Å². The minimum atomic E-state index is -0.215. The van der Waals surface area contributed by atoms with Gasteiger partial charge in [0.15, 0.2) is 0 Å². The van der Waals surface area contributed by atoms with Gasteiger partial charge in [-0.1, -0.05) is 18.2 Å². The SMILES string of the molecule is C/C(=N\SC(C)(C)C)c1ccccc1F.CF. The van der Waals surface area contributed by atoms with Crippen molar-refractivity contribution in [2.24, 2.45) is 4.40 Å². The Morgan fingerprint density at radius 3 is 2.18 bits per heavy atom. The predicted octanol–water partition coefficient (Wildman–Crippen LogP) is 4.67. The maximum atomic E-state index is 13.4. The molecule has 0 bridgehead atoms. The maximum Gasteiger partial charge on any atom is 0.132 e. The van der Waals surface area contributed by atoms with Gasteiger partial charge in [-0.25, -0.2) is 8.79 Å². The molecule has 96 valence electrons. The highest BCUT2D eigenvalue weighted by Gasteiger charge is 2.11. The monoisotopic (exact) mass is 259 g/mol. The molecule has 0 spiro atoms. The average molecular weight is 259 g/mol. The van der Waals surface area contributed by atoms with Gasteiger partial charge in [0.05, 0.1) is 12.9 Å². The van der Waals surface area contributed by atoms with Crippen LogP contribution in [0.25, 0.3) is 0 Å². The van der Waals surface area contributed by atoms with E-state index in [1.54, 1.807) is 12.1 Å². The van der Waals surface area contributed by atoms with E-state index in [9.17, 15) is 8.78 Å². The summed E-state index contributed by atoms with van der Waals surface area (Å²) in [5.41, 5.74) is 1.31. The van der Waals surface area contributed by atoms with Gasteiger partial charge in [0.2, 0.25) is 0 Å². The summed E-state index contributed by atoms with van der Waals surface area (Å²) < 4.78 is 27.3. The van der Waals surface area contributed by atoms with Gasteiger partial charge in [-0.15, -0.1) is 0 Å². The number of rotatable bonds is 2. The first-order valence-electron chi connectivity index (χ1n) is 5.25. The lowest BCUT2D eigenvalue weighted by molar-refractivity contribution is 0.625. The van der Waals surface area contributed by atoms with Crippen LogP contribution in [0.4, 0.5) is 8.78 Å². The Hall–Kier alpha value is -0.900. The molecule has 0 heterocycles. The van der Waals surface area contributed by atoms with E-state index in [-0.39, 0.29) is 10.6 Å². The second kappa shape index (κ2) is 7.43. The number of benzene rings is 1. The van der Waals surface area contributed by atoms with Crippen molar-refractivity contribution >= 4 is 17.7 Å². The van der Waals surface area contributed by atoms with E-state index in [1.807, 2.05) is 13.0 Å². The highest BCUT2D eigenvalue weighted by Crippen LogP contribution is 2.25. The zero-order valence-electron chi connectivity index (χ0n) is 10.9. The summed E-state index contributed by atoms with van der Waals surface area (Å²) in [4.78, 5) is 0. The first-order valence-corrected chi connectivity index (χ1v) is 6.03. The third-order valence-electron chi connectivity index (χ3n) is 1.72. The molecule has 0 radical (unpaired) electrons. The average Bonchev–Trinajstić information content (AvgIpc) is 2.28. The fourth-order valence-corrected chi connectivity index (χ4v) is 1.52. The molecular formula is C13H19F2NS. The number of alkyl halides is 1. The van der Waals surface area contributed by atoms with Crippen molar-refractivity contribution in [1.29, 1.82) is 0 Å². The molecule has 1 nitrogen and oxygen atoms in total. The van der Waals surface area contributed by atoms with Crippen LogP contribution in [0.2, 0.25) is 0 Å². The van der Waals surface area contributed by atoms with E-state index in [0.717, 1.165) is 5.71 Å². The van der Waals surface area contributed by atoms with E-state index in [4.69, 9.17) is 0 Å². The van der Waals surface area contributed by atoms with Gasteiger partial charge in [-0.3, -0.25) is 4.39 Å². The second-order valence-electron chi connectivity index (χ2n) is 4.36. The van der Waals surface area contributed by atoms with Gasteiger partial charge in [-0.05, 0) is 45.7 Å². The number of halogens is 2. The van der Waals surface area contributed by atoms with Crippen molar-refractivity contribution < 1.29 is 8.78 Å². The first kappa shape index (κ1) is 16.1. The molecule has 0 aliphatic carbocycles. The van der Waals surface area contributed by atoms with E-state index < -0.39 is 0 Å². The standard InChI is InChI=1S/C12H16FNS.CH3F/c1-9(14-15-12(2,3)4)10-7-5-6-8-11(10)13;1-2/h5-8H,1-4H3;1H3/b14-9+;. The minimum Gasteiger partial charge on any atom is -0.255 e. The molecule has 0 fully saturated rings. The molecule has 1 aromatic rings. The van der Waals surface area contributed by atoms with Crippen molar-refractivity contribution in [2.75, 3.05) is 7.18 Å². The van der Waals surface area contributed by atoms with Gasteiger partial charge >= 0.3 is 0 Å². The highest BCUT2D eigenvalue weighted by atomic mass is 32.2. The van der Waals surface area contributed by atoms with Crippen LogP contribution >= 0.6 is 11.9 Å². The van der Waals surface area contributed by atoms with Crippen LogP contribution in [-0.4, -0.2) is 17.6 Å². The molecule has 0 N–H and O–H groups in total. The van der Waals surface area contributed by atoms with Crippen molar-refractivity contribution in [3.05, 3.63) is 35.6 Å². The van der Waals surface area contributed by atoms with Crippen molar-refractivity contribution in [1.82, 2.24) is 0 Å². The molecule has 0 unspecified atom stereocenters. The fourth-order valence-electron chi connectivity index (χ4n) is 1.01. The van der Waals surface area contributed by atoms with E-state index in [0.29, 0.717) is 12.7 Å². The molecule has 0 aliphatic rings. The van der Waals surface area contributed by atoms with Gasteiger partial charge in [0, 0.05) is 10.3 Å². The third-order valence-corrected chi connectivity index (χ3v) is 2.63. The first-order chi connectivity index (χ1) is 7.90. The lowest BCUT2D eigenvalue weighted by Crippen LogP contribution is -2.06. The Balaban J connectivity index is 0.00000121. The van der Waals surface area contributed by atoms with Crippen LogP contribution < -0.4 is 0 Å². The molecule has 1 aromatic carbocycles. The number of nitrogens with zero attached hydrogens (tertiary/aromatic N) is 1. The van der Waals surface area contributed by atoms with Crippen LogP contribution in [0.5, 0.6) is 0 Å². The summed E-state index contributed by atoms with van der Waals surface area (Å²) in [6.45, 7) is 8.07. The van der Waals surface area contributed by atoms with Crippen LogP contribution in [0.3, 0.4) is 0 Å². The fraction of sp³-hybridized carbons (Fsp3) is 0.462. The third kappa shape index (κ3) is 6.41. The van der Waals surface area contributed by atoms with Crippen molar-refractivity contribution in [3.63, 3.8) is 0 Å². The molecule has 1 rings (SSSR count). The van der Waals surface area contributed by atoms with Crippen LogP contribution in [-0.2, 0) is 0 Å². The summed E-state index contributed by atoms with van der Waals surface area (Å²) in [5, 5.41) is 0. The zero-order chi connectivity index (χ0) is 13.5. The van der Waals surface area contributed by atoms with Gasteiger partial charge in [0.1, 0.15) is 5.82 Å². The topological polar surface area (TPSA) is 12.4 Å². The van der Waals surface area contributed by atoms with E-state index >= 15 is 0 Å². The molecule has 0 atom stereocenters. The summed E-state index contributed by atoms with van der Waals surface area (Å²) in [6.07, 6.45) is 0. The quantitative estimate of drug-likeness (QED) is 0.555. The summed E-state index contributed by atoms with van der Waals surface area (Å²) >= 11 is 1.47. The van der Waals surface area contributed by atoms with Crippen molar-refractivity contribution in [2.45, 2.75) is 32.4 Å². The molecular weight excluding hydrogens is 240 g/mol. The van der Waals surface area contributed by atoms with Gasteiger partial charge in [0.25, 0.3) is 0 Å². The molecule has 0 amide bonds. The smallest absolute Gasteiger partial charge is 0.132 e. The zero-order valence-corrected chi connectivity index (χ0v) is 11.7. The normalized spacial score (nSPS) is 11.8. The Morgan fingerprint density at radius 1 is 1.18 bits per heavy atom. The Kier molecular flexibility index (Phi) is 7.04. The molecule has 0 aliphatic heterocycles.